The Labute approximate surface area is 183 Å². The van der Waals surface area contributed by atoms with E-state index in [9.17, 15) is 9.59 Å². The molecule has 1 aromatic carbocycles. The Balaban J connectivity index is 1.68. The number of carbonyl (C=O) groups excluding carboxylic acids is 2. The van der Waals surface area contributed by atoms with Crippen LogP contribution in [-0.2, 0) is 9.59 Å². The summed E-state index contributed by atoms with van der Waals surface area (Å²) in [6.07, 6.45) is 6.85. The van der Waals surface area contributed by atoms with Gasteiger partial charge in [0.2, 0.25) is 5.91 Å². The highest BCUT2D eigenvalue weighted by Crippen LogP contribution is 2.25. The average molecular weight is 431 g/mol. The highest BCUT2D eigenvalue weighted by Gasteiger charge is 2.28. The third-order valence-electron chi connectivity index (χ3n) is 5.66. The number of aromatic amines is 1. The SMILES string of the molecule is CC(=O)CCCCC[C@H](NC(=O)[C@@H]1CCN(C)C1)c1ncc(-c2cccc(Cl)c2)[nH]1. The second-order valence-electron chi connectivity index (χ2n) is 8.30. The number of imidazole rings is 1. The Morgan fingerprint density at radius 1 is 1.33 bits per heavy atom. The first-order chi connectivity index (χ1) is 14.4. The van der Waals surface area contributed by atoms with E-state index >= 15 is 0 Å². The van der Waals surface area contributed by atoms with Gasteiger partial charge < -0.3 is 20.0 Å². The molecular formula is C23H31ClN4O2. The Morgan fingerprint density at radius 3 is 2.87 bits per heavy atom. The van der Waals surface area contributed by atoms with Crippen molar-refractivity contribution in [1.82, 2.24) is 20.2 Å². The molecule has 162 valence electrons. The lowest BCUT2D eigenvalue weighted by Gasteiger charge is -2.19. The van der Waals surface area contributed by atoms with Crippen LogP contribution >= 0.6 is 11.6 Å². The van der Waals surface area contributed by atoms with E-state index in [1.165, 1.54) is 0 Å². The van der Waals surface area contributed by atoms with Crippen LogP contribution in [-0.4, -0.2) is 46.7 Å². The number of halogens is 1. The maximum atomic E-state index is 12.8. The molecule has 7 heteroatoms. The van der Waals surface area contributed by atoms with Crippen LogP contribution in [0.5, 0.6) is 0 Å². The van der Waals surface area contributed by atoms with Gasteiger partial charge in [-0.05, 0) is 51.9 Å². The van der Waals surface area contributed by atoms with Gasteiger partial charge in [0.1, 0.15) is 11.6 Å². The number of unbranched alkanes of at least 4 members (excludes halogenated alkanes) is 2. The molecule has 0 saturated carbocycles. The van der Waals surface area contributed by atoms with Crippen molar-refractivity contribution in [3.05, 3.63) is 41.3 Å². The van der Waals surface area contributed by atoms with Crippen molar-refractivity contribution >= 4 is 23.3 Å². The Morgan fingerprint density at radius 2 is 2.17 bits per heavy atom. The number of ketones is 1. The number of H-pyrrole nitrogens is 1. The Bertz CT molecular complexity index is 866. The summed E-state index contributed by atoms with van der Waals surface area (Å²) < 4.78 is 0. The number of rotatable bonds is 10. The number of carbonyl (C=O) groups is 2. The van der Waals surface area contributed by atoms with Crippen molar-refractivity contribution < 1.29 is 9.59 Å². The molecule has 3 rings (SSSR count). The van der Waals surface area contributed by atoms with Gasteiger partial charge in [-0.3, -0.25) is 4.79 Å². The van der Waals surface area contributed by atoms with E-state index in [1.807, 2.05) is 31.3 Å². The second kappa shape index (κ2) is 10.7. The second-order valence-corrected chi connectivity index (χ2v) is 8.74. The number of hydrogen-bond acceptors (Lipinski definition) is 4. The molecule has 0 unspecified atom stereocenters. The Hall–Kier alpha value is -2.18. The highest BCUT2D eigenvalue weighted by molar-refractivity contribution is 6.30. The standard InChI is InChI=1S/C23H31ClN4O2/c1-16(29)7-4-3-5-10-20(27-23(30)18-11-12-28(2)15-18)22-25-14-21(26-22)17-8-6-9-19(24)13-17/h6,8-9,13-14,18,20H,3-5,7,10-12,15H2,1-2H3,(H,25,26)(H,27,30)/t18-,20+/m1/s1. The molecule has 2 N–H and O–H groups in total. The van der Waals surface area contributed by atoms with Gasteiger partial charge in [-0.2, -0.15) is 0 Å². The molecule has 0 spiro atoms. The van der Waals surface area contributed by atoms with E-state index in [4.69, 9.17) is 11.6 Å². The smallest absolute Gasteiger partial charge is 0.225 e. The molecule has 1 aliphatic heterocycles. The lowest BCUT2D eigenvalue weighted by atomic mass is 10.0. The summed E-state index contributed by atoms with van der Waals surface area (Å²) in [5, 5.41) is 3.89. The molecule has 1 saturated heterocycles. The maximum absolute atomic E-state index is 12.8. The van der Waals surface area contributed by atoms with Gasteiger partial charge in [-0.25, -0.2) is 4.98 Å². The summed E-state index contributed by atoms with van der Waals surface area (Å²) in [5.41, 5.74) is 1.84. The van der Waals surface area contributed by atoms with Crippen molar-refractivity contribution in [3.63, 3.8) is 0 Å². The summed E-state index contributed by atoms with van der Waals surface area (Å²) in [4.78, 5) is 34.1. The van der Waals surface area contributed by atoms with Crippen molar-refractivity contribution in [2.45, 2.75) is 51.5 Å². The van der Waals surface area contributed by atoms with E-state index in [1.54, 1.807) is 13.1 Å². The van der Waals surface area contributed by atoms with Crippen molar-refractivity contribution in [3.8, 4) is 11.3 Å². The van der Waals surface area contributed by atoms with Crippen LogP contribution in [0.3, 0.4) is 0 Å². The molecule has 0 radical (unpaired) electrons. The number of Topliss-reactive ketones (excluding diaryl/α,β-unsaturated/α-hetero) is 1. The predicted molar refractivity (Wildman–Crippen MR) is 119 cm³/mol. The summed E-state index contributed by atoms with van der Waals surface area (Å²) in [7, 11) is 2.05. The number of aromatic nitrogens is 2. The quantitative estimate of drug-likeness (QED) is 0.548. The molecule has 30 heavy (non-hydrogen) atoms. The molecule has 0 bridgehead atoms. The number of hydrogen-bond donors (Lipinski definition) is 2. The lowest BCUT2D eigenvalue weighted by Crippen LogP contribution is -2.35. The first-order valence-electron chi connectivity index (χ1n) is 10.7. The zero-order chi connectivity index (χ0) is 21.5. The monoisotopic (exact) mass is 430 g/mol. The molecule has 2 heterocycles. The molecule has 1 aliphatic rings. The minimum Gasteiger partial charge on any atom is -0.346 e. The van der Waals surface area contributed by atoms with Crippen LogP contribution < -0.4 is 5.32 Å². The van der Waals surface area contributed by atoms with Crippen LogP contribution in [0.4, 0.5) is 0 Å². The topological polar surface area (TPSA) is 78.1 Å². The van der Waals surface area contributed by atoms with E-state index in [0.29, 0.717) is 11.4 Å². The first-order valence-corrected chi connectivity index (χ1v) is 11.1. The third kappa shape index (κ3) is 6.41. The first kappa shape index (κ1) is 22.5. The molecule has 6 nitrogen and oxygen atoms in total. The van der Waals surface area contributed by atoms with Gasteiger partial charge in [0.25, 0.3) is 0 Å². The molecule has 1 fully saturated rings. The number of amides is 1. The van der Waals surface area contributed by atoms with E-state index in [0.717, 1.165) is 62.3 Å². The molecule has 2 atom stereocenters. The summed E-state index contributed by atoms with van der Waals surface area (Å²) in [6.45, 7) is 3.37. The largest absolute Gasteiger partial charge is 0.346 e. The van der Waals surface area contributed by atoms with Gasteiger partial charge in [-0.1, -0.05) is 36.6 Å². The number of benzene rings is 1. The van der Waals surface area contributed by atoms with Crippen molar-refractivity contribution in [1.29, 1.82) is 0 Å². The van der Waals surface area contributed by atoms with E-state index in [-0.39, 0.29) is 23.7 Å². The van der Waals surface area contributed by atoms with Gasteiger partial charge in [-0.15, -0.1) is 0 Å². The zero-order valence-electron chi connectivity index (χ0n) is 17.8. The molecule has 1 aromatic heterocycles. The van der Waals surface area contributed by atoms with Crippen molar-refractivity contribution in [2.24, 2.45) is 5.92 Å². The fourth-order valence-electron chi connectivity index (χ4n) is 3.93. The highest BCUT2D eigenvalue weighted by atomic mass is 35.5. The summed E-state index contributed by atoms with van der Waals surface area (Å²) in [6, 6.07) is 7.44. The van der Waals surface area contributed by atoms with E-state index in [2.05, 4.69) is 20.2 Å². The van der Waals surface area contributed by atoms with Gasteiger partial charge >= 0.3 is 0 Å². The van der Waals surface area contributed by atoms with Crippen LogP contribution in [0.1, 0.15) is 57.3 Å². The average Bonchev–Trinajstić information content (AvgIpc) is 3.36. The van der Waals surface area contributed by atoms with Gasteiger partial charge in [0, 0.05) is 23.6 Å². The van der Waals surface area contributed by atoms with Crippen molar-refractivity contribution in [2.75, 3.05) is 20.1 Å². The number of nitrogens with one attached hydrogen (secondary N) is 2. The van der Waals surface area contributed by atoms with Crippen LogP contribution in [0.2, 0.25) is 5.02 Å². The maximum Gasteiger partial charge on any atom is 0.225 e. The van der Waals surface area contributed by atoms with E-state index < -0.39 is 0 Å². The summed E-state index contributed by atoms with van der Waals surface area (Å²) >= 11 is 6.12. The van der Waals surface area contributed by atoms with Gasteiger partial charge in [0.05, 0.1) is 23.9 Å². The minimum absolute atomic E-state index is 0.0255. The molecule has 2 aromatic rings. The lowest BCUT2D eigenvalue weighted by molar-refractivity contribution is -0.125. The van der Waals surface area contributed by atoms with Gasteiger partial charge in [0.15, 0.2) is 0 Å². The van der Waals surface area contributed by atoms with Crippen LogP contribution in [0.25, 0.3) is 11.3 Å². The zero-order valence-corrected chi connectivity index (χ0v) is 18.5. The fraction of sp³-hybridized carbons (Fsp3) is 0.522. The predicted octanol–water partition coefficient (Wildman–Crippen LogP) is 4.38. The fourth-order valence-corrected chi connectivity index (χ4v) is 4.12. The number of likely N-dealkylation sites (tertiary alicyclic amines) is 1. The Kier molecular flexibility index (Phi) is 8.05. The van der Waals surface area contributed by atoms with Crippen LogP contribution in [0, 0.1) is 5.92 Å². The molecule has 1 amide bonds. The third-order valence-corrected chi connectivity index (χ3v) is 5.90. The molecule has 0 aliphatic carbocycles. The number of nitrogens with zero attached hydrogens (tertiary/aromatic N) is 2. The van der Waals surface area contributed by atoms with Crippen LogP contribution in [0.15, 0.2) is 30.5 Å². The summed E-state index contributed by atoms with van der Waals surface area (Å²) in [5.74, 6) is 1.10. The minimum atomic E-state index is -0.173. The molecular weight excluding hydrogens is 400 g/mol. The normalized spacial score (nSPS) is 17.8.